The van der Waals surface area contributed by atoms with Gasteiger partial charge in [0.2, 0.25) is 0 Å². The van der Waals surface area contributed by atoms with Gasteiger partial charge in [0.25, 0.3) is 0 Å². The molecule has 0 aliphatic heterocycles. The Morgan fingerprint density at radius 1 is 1.32 bits per heavy atom. The van der Waals surface area contributed by atoms with Crippen molar-refractivity contribution in [1.82, 2.24) is 20.3 Å². The summed E-state index contributed by atoms with van der Waals surface area (Å²) in [5.41, 5.74) is 1.28. The molecule has 0 spiro atoms. The molecule has 0 saturated heterocycles. The number of aryl methyl sites for hydroxylation is 1. The van der Waals surface area contributed by atoms with Crippen LogP contribution in [0.2, 0.25) is 0 Å². The molecular weight excluding hydrogens is 236 g/mol. The number of hydrogen-bond acceptors (Lipinski definition) is 3. The van der Waals surface area contributed by atoms with Gasteiger partial charge < -0.3 is 5.32 Å². The lowest BCUT2D eigenvalue weighted by molar-refractivity contribution is 0.225. The quantitative estimate of drug-likeness (QED) is 0.858. The van der Waals surface area contributed by atoms with Crippen LogP contribution in [-0.4, -0.2) is 21.5 Å². The van der Waals surface area contributed by atoms with Crippen LogP contribution in [0.25, 0.3) is 0 Å². The highest BCUT2D eigenvalue weighted by molar-refractivity contribution is 5.05. The minimum Gasteiger partial charge on any atom is -0.309 e. The molecule has 1 aliphatic rings. The second-order valence-electron chi connectivity index (χ2n) is 5.94. The predicted octanol–water partition coefficient (Wildman–Crippen LogP) is 3.17. The smallest absolute Gasteiger partial charge is 0.0759 e. The van der Waals surface area contributed by atoms with Crippen LogP contribution in [0.15, 0.2) is 6.20 Å². The molecule has 1 atom stereocenters. The largest absolute Gasteiger partial charge is 0.309 e. The Labute approximate surface area is 117 Å². The molecule has 0 bridgehead atoms. The fourth-order valence-corrected chi connectivity index (χ4v) is 3.24. The first kappa shape index (κ1) is 14.5. The lowest BCUT2D eigenvalue weighted by Crippen LogP contribution is -2.32. The second-order valence-corrected chi connectivity index (χ2v) is 5.94. The van der Waals surface area contributed by atoms with Crippen LogP contribution >= 0.6 is 0 Å². The summed E-state index contributed by atoms with van der Waals surface area (Å²) in [6.45, 7) is 8.73. The van der Waals surface area contributed by atoms with Crippen molar-refractivity contribution >= 4 is 0 Å². The third-order valence-corrected chi connectivity index (χ3v) is 4.36. The molecule has 1 fully saturated rings. The van der Waals surface area contributed by atoms with Gasteiger partial charge in [0, 0.05) is 6.54 Å². The maximum absolute atomic E-state index is 4.25. The lowest BCUT2D eigenvalue weighted by atomic mass is 9.78. The van der Waals surface area contributed by atoms with E-state index >= 15 is 0 Å². The normalized spacial score (nSPS) is 25.4. The summed E-state index contributed by atoms with van der Waals surface area (Å²) in [6.07, 6.45) is 8.45. The van der Waals surface area contributed by atoms with E-state index in [1.807, 2.05) is 6.20 Å². The van der Waals surface area contributed by atoms with Crippen LogP contribution in [0.1, 0.15) is 64.6 Å². The summed E-state index contributed by atoms with van der Waals surface area (Å²) in [5, 5.41) is 12.0. The van der Waals surface area contributed by atoms with Crippen LogP contribution in [-0.2, 0) is 6.54 Å². The van der Waals surface area contributed by atoms with Crippen molar-refractivity contribution in [3.63, 3.8) is 0 Å². The Balaban J connectivity index is 2.12. The standard InChI is InChI=1S/C15H28N4/c1-4-10-19-14(11-17-18-19)15(16-5-2)13-8-6-12(3)7-9-13/h11-13,15-16H,4-10H2,1-3H3. The van der Waals surface area contributed by atoms with Crippen molar-refractivity contribution in [2.75, 3.05) is 6.54 Å². The summed E-state index contributed by atoms with van der Waals surface area (Å²) in [4.78, 5) is 0. The zero-order chi connectivity index (χ0) is 13.7. The molecule has 1 unspecified atom stereocenters. The van der Waals surface area contributed by atoms with Gasteiger partial charge >= 0.3 is 0 Å². The molecule has 19 heavy (non-hydrogen) atoms. The minimum atomic E-state index is 0.430. The fourth-order valence-electron chi connectivity index (χ4n) is 3.24. The molecule has 0 aromatic carbocycles. The SMILES string of the molecule is CCCn1nncc1C(NCC)C1CCC(C)CC1. The van der Waals surface area contributed by atoms with Gasteiger partial charge in [-0.15, -0.1) is 5.10 Å². The average Bonchev–Trinajstić information content (AvgIpc) is 2.86. The molecule has 1 aromatic heterocycles. The lowest BCUT2D eigenvalue weighted by Gasteiger charge is -2.33. The number of nitrogens with one attached hydrogen (secondary N) is 1. The van der Waals surface area contributed by atoms with Crippen molar-refractivity contribution in [2.45, 2.75) is 65.5 Å². The van der Waals surface area contributed by atoms with Gasteiger partial charge in [-0.1, -0.05) is 38.8 Å². The highest BCUT2D eigenvalue weighted by Crippen LogP contribution is 2.36. The first-order valence-corrected chi connectivity index (χ1v) is 7.88. The van der Waals surface area contributed by atoms with E-state index in [0.29, 0.717) is 6.04 Å². The molecule has 0 radical (unpaired) electrons. The van der Waals surface area contributed by atoms with Crippen LogP contribution in [0.4, 0.5) is 0 Å². The molecule has 2 rings (SSSR count). The first-order chi connectivity index (χ1) is 9.26. The highest BCUT2D eigenvalue weighted by atomic mass is 15.4. The van der Waals surface area contributed by atoms with Gasteiger partial charge in [-0.05, 0) is 37.6 Å². The van der Waals surface area contributed by atoms with Gasteiger partial charge in [0.1, 0.15) is 0 Å². The Morgan fingerprint density at radius 3 is 2.68 bits per heavy atom. The van der Waals surface area contributed by atoms with E-state index in [4.69, 9.17) is 0 Å². The van der Waals surface area contributed by atoms with Crippen molar-refractivity contribution in [1.29, 1.82) is 0 Å². The molecule has 0 amide bonds. The molecule has 4 nitrogen and oxygen atoms in total. The van der Waals surface area contributed by atoms with E-state index in [1.165, 1.54) is 31.4 Å². The van der Waals surface area contributed by atoms with Crippen LogP contribution in [0, 0.1) is 11.8 Å². The minimum absolute atomic E-state index is 0.430. The molecule has 1 aromatic rings. The summed E-state index contributed by atoms with van der Waals surface area (Å²) in [6, 6.07) is 0.430. The zero-order valence-corrected chi connectivity index (χ0v) is 12.6. The molecule has 1 saturated carbocycles. The van der Waals surface area contributed by atoms with Crippen molar-refractivity contribution in [3.8, 4) is 0 Å². The van der Waals surface area contributed by atoms with Crippen LogP contribution in [0.5, 0.6) is 0 Å². The summed E-state index contributed by atoms with van der Waals surface area (Å²) < 4.78 is 2.09. The van der Waals surface area contributed by atoms with Crippen LogP contribution in [0.3, 0.4) is 0 Å². The second kappa shape index (κ2) is 7.04. The molecule has 4 heteroatoms. The van der Waals surface area contributed by atoms with E-state index < -0.39 is 0 Å². The van der Waals surface area contributed by atoms with Crippen molar-refractivity contribution in [2.24, 2.45) is 11.8 Å². The molecule has 1 N–H and O–H groups in total. The Bertz CT molecular complexity index is 366. The number of nitrogens with zero attached hydrogens (tertiary/aromatic N) is 3. The summed E-state index contributed by atoms with van der Waals surface area (Å²) >= 11 is 0. The van der Waals surface area contributed by atoms with Gasteiger partial charge in [-0.25, -0.2) is 4.68 Å². The Kier molecular flexibility index (Phi) is 5.37. The first-order valence-electron chi connectivity index (χ1n) is 7.88. The van der Waals surface area contributed by atoms with E-state index in [0.717, 1.165) is 31.3 Å². The average molecular weight is 264 g/mol. The van der Waals surface area contributed by atoms with E-state index in [2.05, 4.69) is 41.1 Å². The van der Waals surface area contributed by atoms with Gasteiger partial charge in [0.15, 0.2) is 0 Å². The van der Waals surface area contributed by atoms with E-state index in [1.54, 1.807) is 0 Å². The van der Waals surface area contributed by atoms with Crippen molar-refractivity contribution < 1.29 is 0 Å². The highest BCUT2D eigenvalue weighted by Gasteiger charge is 2.29. The molecule has 108 valence electrons. The summed E-state index contributed by atoms with van der Waals surface area (Å²) in [7, 11) is 0. The Hall–Kier alpha value is -0.900. The van der Waals surface area contributed by atoms with Crippen molar-refractivity contribution in [3.05, 3.63) is 11.9 Å². The third-order valence-electron chi connectivity index (χ3n) is 4.36. The van der Waals surface area contributed by atoms with Gasteiger partial charge in [-0.2, -0.15) is 0 Å². The molecule has 1 heterocycles. The van der Waals surface area contributed by atoms with E-state index in [9.17, 15) is 0 Å². The number of aromatic nitrogens is 3. The number of rotatable bonds is 6. The zero-order valence-electron chi connectivity index (χ0n) is 12.6. The number of hydrogen-bond donors (Lipinski definition) is 1. The fraction of sp³-hybridized carbons (Fsp3) is 0.867. The molecule has 1 aliphatic carbocycles. The topological polar surface area (TPSA) is 42.7 Å². The summed E-state index contributed by atoms with van der Waals surface area (Å²) in [5.74, 6) is 1.64. The predicted molar refractivity (Wildman–Crippen MR) is 77.9 cm³/mol. The van der Waals surface area contributed by atoms with E-state index in [-0.39, 0.29) is 0 Å². The third kappa shape index (κ3) is 3.56. The maximum Gasteiger partial charge on any atom is 0.0759 e. The van der Waals surface area contributed by atoms with Gasteiger partial charge in [0.05, 0.1) is 17.9 Å². The van der Waals surface area contributed by atoms with Crippen LogP contribution < -0.4 is 5.32 Å². The van der Waals surface area contributed by atoms with Gasteiger partial charge in [-0.3, -0.25) is 0 Å². The Morgan fingerprint density at radius 2 is 2.05 bits per heavy atom. The maximum atomic E-state index is 4.25. The monoisotopic (exact) mass is 264 g/mol. The molecular formula is C15H28N4.